The third kappa shape index (κ3) is 4.37. The molecule has 0 saturated heterocycles. The van der Waals surface area contributed by atoms with Crippen LogP contribution in [0.1, 0.15) is 39.5 Å². The van der Waals surface area contributed by atoms with Gasteiger partial charge in [0.2, 0.25) is 0 Å². The zero-order valence-electron chi connectivity index (χ0n) is 14.3. The first kappa shape index (κ1) is 18.0. The highest BCUT2D eigenvalue weighted by atomic mass is 16.6. The first-order valence-corrected chi connectivity index (χ1v) is 8.21. The van der Waals surface area contributed by atoms with E-state index in [0.717, 1.165) is 19.3 Å². The summed E-state index contributed by atoms with van der Waals surface area (Å²) in [5, 5.41) is 14.2. The summed E-state index contributed by atoms with van der Waals surface area (Å²) in [6.07, 6.45) is 3.55. The molecule has 24 heavy (non-hydrogen) atoms. The number of nitrogens with one attached hydrogen (secondary N) is 1. The minimum absolute atomic E-state index is 0.0557. The maximum absolute atomic E-state index is 12.3. The number of nitrogens with zero attached hydrogens (tertiary/aromatic N) is 1. The molecule has 7 nitrogen and oxygen atoms in total. The van der Waals surface area contributed by atoms with Gasteiger partial charge in [-0.15, -0.1) is 0 Å². The van der Waals surface area contributed by atoms with Crippen LogP contribution in [0.3, 0.4) is 0 Å². The smallest absolute Gasteiger partial charge is 0.314 e. The molecule has 2 rings (SSSR count). The van der Waals surface area contributed by atoms with Crippen LogP contribution in [0.25, 0.3) is 0 Å². The number of rotatable bonds is 6. The van der Waals surface area contributed by atoms with Crippen LogP contribution in [0, 0.1) is 16.0 Å². The van der Waals surface area contributed by atoms with E-state index in [2.05, 4.69) is 12.2 Å². The average Bonchev–Trinajstić information content (AvgIpc) is 2.57. The van der Waals surface area contributed by atoms with Crippen molar-refractivity contribution in [3.63, 3.8) is 0 Å². The predicted octanol–water partition coefficient (Wildman–Crippen LogP) is 3.07. The molecule has 0 bridgehead atoms. The van der Waals surface area contributed by atoms with Crippen LogP contribution in [-0.2, 0) is 4.79 Å². The van der Waals surface area contributed by atoms with E-state index in [-0.39, 0.29) is 23.4 Å². The quantitative estimate of drug-likeness (QED) is 0.637. The van der Waals surface area contributed by atoms with E-state index >= 15 is 0 Å². The molecule has 7 heteroatoms. The summed E-state index contributed by atoms with van der Waals surface area (Å²) in [6.45, 7) is 3.72. The minimum atomic E-state index is -0.814. The molecule has 1 amide bonds. The van der Waals surface area contributed by atoms with Gasteiger partial charge in [0.1, 0.15) is 5.75 Å². The Morgan fingerprint density at radius 3 is 2.71 bits per heavy atom. The number of hydrogen-bond acceptors (Lipinski definition) is 5. The largest absolute Gasteiger partial charge is 0.496 e. The zero-order valence-corrected chi connectivity index (χ0v) is 14.3. The topological polar surface area (TPSA) is 90.7 Å². The second-order valence-corrected chi connectivity index (χ2v) is 6.23. The monoisotopic (exact) mass is 336 g/mol. The van der Waals surface area contributed by atoms with E-state index in [9.17, 15) is 14.9 Å². The first-order chi connectivity index (χ1) is 11.4. The zero-order chi connectivity index (χ0) is 17.7. The van der Waals surface area contributed by atoms with E-state index in [1.165, 1.54) is 25.7 Å². The van der Waals surface area contributed by atoms with Gasteiger partial charge in [-0.2, -0.15) is 0 Å². The van der Waals surface area contributed by atoms with Gasteiger partial charge in [0.25, 0.3) is 5.91 Å². The molecule has 1 fully saturated rings. The van der Waals surface area contributed by atoms with E-state index in [4.69, 9.17) is 9.47 Å². The van der Waals surface area contributed by atoms with Crippen LogP contribution in [-0.4, -0.2) is 30.1 Å². The van der Waals surface area contributed by atoms with Crippen molar-refractivity contribution in [2.75, 3.05) is 7.11 Å². The second-order valence-electron chi connectivity index (χ2n) is 6.23. The molecule has 0 spiro atoms. The number of nitro benzene ring substituents is 1. The van der Waals surface area contributed by atoms with Gasteiger partial charge in [-0.25, -0.2) is 0 Å². The molecular weight excluding hydrogens is 312 g/mol. The second kappa shape index (κ2) is 7.99. The minimum Gasteiger partial charge on any atom is -0.496 e. The molecule has 0 heterocycles. The van der Waals surface area contributed by atoms with E-state index in [0.29, 0.717) is 11.7 Å². The number of amides is 1. The SMILES string of the molecule is COc1ccc(O[C@H](C)C(=O)N[C@H]2CCCC[C@H]2C)c([N+](=O)[O-])c1. The fourth-order valence-electron chi connectivity index (χ4n) is 2.94. The number of nitro groups is 1. The lowest BCUT2D eigenvalue weighted by Gasteiger charge is -2.30. The molecule has 1 aromatic carbocycles. The Labute approximate surface area is 141 Å². The van der Waals surface area contributed by atoms with Gasteiger partial charge in [-0.3, -0.25) is 14.9 Å². The molecule has 0 unspecified atom stereocenters. The third-order valence-corrected chi connectivity index (χ3v) is 4.47. The molecule has 1 aliphatic carbocycles. The van der Waals surface area contributed by atoms with Gasteiger partial charge < -0.3 is 14.8 Å². The molecule has 0 aromatic heterocycles. The summed E-state index contributed by atoms with van der Waals surface area (Å²) < 4.78 is 10.5. The summed E-state index contributed by atoms with van der Waals surface area (Å²) in [4.78, 5) is 23.0. The Hall–Kier alpha value is -2.31. The molecule has 0 aliphatic heterocycles. The van der Waals surface area contributed by atoms with Gasteiger partial charge in [0.15, 0.2) is 11.9 Å². The van der Waals surface area contributed by atoms with Crippen molar-refractivity contribution < 1.29 is 19.2 Å². The molecule has 1 aliphatic rings. The van der Waals surface area contributed by atoms with Gasteiger partial charge in [-0.05, 0) is 37.8 Å². The van der Waals surface area contributed by atoms with Gasteiger partial charge in [0, 0.05) is 6.04 Å². The van der Waals surface area contributed by atoms with Crippen molar-refractivity contribution >= 4 is 11.6 Å². The highest BCUT2D eigenvalue weighted by Gasteiger charge is 2.27. The molecule has 3 atom stereocenters. The summed E-state index contributed by atoms with van der Waals surface area (Å²) in [7, 11) is 1.43. The van der Waals surface area contributed by atoms with Gasteiger partial charge in [0.05, 0.1) is 18.1 Å². The lowest BCUT2D eigenvalue weighted by molar-refractivity contribution is -0.386. The molecular formula is C17H24N2O5. The van der Waals surface area contributed by atoms with Crippen LogP contribution in [0.5, 0.6) is 11.5 Å². The standard InChI is InChI=1S/C17H24N2O5/c1-11-6-4-5-7-14(11)18-17(20)12(2)24-16-9-8-13(23-3)10-15(16)19(21)22/h8-12,14H,4-7H2,1-3H3,(H,18,20)/t11-,12-,14+/m1/s1. The fraction of sp³-hybridized carbons (Fsp3) is 0.588. The van der Waals surface area contributed by atoms with Crippen LogP contribution < -0.4 is 14.8 Å². The lowest BCUT2D eigenvalue weighted by Crippen LogP contribution is -2.46. The van der Waals surface area contributed by atoms with Crippen molar-refractivity contribution in [2.45, 2.75) is 51.7 Å². The Bertz CT molecular complexity index is 605. The van der Waals surface area contributed by atoms with Gasteiger partial charge >= 0.3 is 5.69 Å². The summed E-state index contributed by atoms with van der Waals surface area (Å²) in [5.74, 6) is 0.603. The van der Waals surface area contributed by atoms with Crippen LogP contribution in [0.4, 0.5) is 5.69 Å². The number of methoxy groups -OCH3 is 1. The number of carbonyl (C=O) groups excluding carboxylic acids is 1. The number of hydrogen-bond donors (Lipinski definition) is 1. The van der Waals surface area contributed by atoms with E-state index in [1.54, 1.807) is 13.0 Å². The third-order valence-electron chi connectivity index (χ3n) is 4.47. The van der Waals surface area contributed by atoms with Gasteiger partial charge in [-0.1, -0.05) is 19.8 Å². The first-order valence-electron chi connectivity index (χ1n) is 8.21. The Kier molecular flexibility index (Phi) is 6.00. The summed E-state index contributed by atoms with van der Waals surface area (Å²) in [5.41, 5.74) is -0.222. The molecule has 0 radical (unpaired) electrons. The van der Waals surface area contributed by atoms with Crippen molar-refractivity contribution in [3.8, 4) is 11.5 Å². The number of carbonyl (C=O) groups is 1. The summed E-state index contributed by atoms with van der Waals surface area (Å²) in [6, 6.07) is 4.44. The van der Waals surface area contributed by atoms with E-state index in [1.807, 2.05) is 0 Å². The number of benzene rings is 1. The molecule has 132 valence electrons. The van der Waals surface area contributed by atoms with Crippen LogP contribution in [0.2, 0.25) is 0 Å². The maximum atomic E-state index is 12.3. The maximum Gasteiger partial charge on any atom is 0.314 e. The fourth-order valence-corrected chi connectivity index (χ4v) is 2.94. The molecule has 1 aromatic rings. The normalized spacial score (nSPS) is 21.6. The van der Waals surface area contributed by atoms with Crippen molar-refractivity contribution in [2.24, 2.45) is 5.92 Å². The van der Waals surface area contributed by atoms with Crippen molar-refractivity contribution in [3.05, 3.63) is 28.3 Å². The van der Waals surface area contributed by atoms with Crippen LogP contribution >= 0.6 is 0 Å². The Balaban J connectivity index is 2.04. The summed E-state index contributed by atoms with van der Waals surface area (Å²) >= 11 is 0. The van der Waals surface area contributed by atoms with Crippen molar-refractivity contribution in [1.29, 1.82) is 0 Å². The lowest BCUT2D eigenvalue weighted by atomic mass is 9.86. The van der Waals surface area contributed by atoms with E-state index < -0.39 is 11.0 Å². The van der Waals surface area contributed by atoms with Crippen molar-refractivity contribution in [1.82, 2.24) is 5.32 Å². The molecule has 1 saturated carbocycles. The average molecular weight is 336 g/mol. The molecule has 1 N–H and O–H groups in total. The Morgan fingerprint density at radius 2 is 2.08 bits per heavy atom. The highest BCUT2D eigenvalue weighted by Crippen LogP contribution is 2.32. The Morgan fingerprint density at radius 1 is 1.38 bits per heavy atom. The highest BCUT2D eigenvalue weighted by molar-refractivity contribution is 5.81. The van der Waals surface area contributed by atoms with Crippen LogP contribution in [0.15, 0.2) is 18.2 Å². The number of ether oxygens (including phenoxy) is 2. The predicted molar refractivity (Wildman–Crippen MR) is 89.3 cm³/mol.